The van der Waals surface area contributed by atoms with Crippen molar-refractivity contribution < 1.29 is 4.39 Å². The fourth-order valence-electron chi connectivity index (χ4n) is 2.27. The Kier molecular flexibility index (Phi) is 2.76. The largest absolute Gasteiger partial charge is 0.272 e. The number of imidazole rings is 1. The standard InChI is InChI=1S/C15H21FN2/c1-14(2,3)12-13(15(4,5)6)18-10(16)8-7-9-11(18)17-12/h7-9H,1-6H3. The van der Waals surface area contributed by atoms with Crippen molar-refractivity contribution in [3.63, 3.8) is 0 Å². The Morgan fingerprint density at radius 2 is 1.61 bits per heavy atom. The number of halogens is 1. The molecule has 0 atom stereocenters. The number of aromatic nitrogens is 2. The topological polar surface area (TPSA) is 17.3 Å². The fraction of sp³-hybridized carbons (Fsp3) is 0.533. The molecule has 0 aliphatic heterocycles. The van der Waals surface area contributed by atoms with E-state index in [2.05, 4.69) is 46.5 Å². The first-order valence-electron chi connectivity index (χ1n) is 6.30. The van der Waals surface area contributed by atoms with Crippen LogP contribution in [0.1, 0.15) is 52.9 Å². The lowest BCUT2D eigenvalue weighted by Gasteiger charge is -2.25. The molecular formula is C15H21FN2. The Hall–Kier alpha value is -1.38. The molecule has 0 fully saturated rings. The minimum Gasteiger partial charge on any atom is -0.272 e. The van der Waals surface area contributed by atoms with Gasteiger partial charge in [0.2, 0.25) is 0 Å². The predicted octanol–water partition coefficient (Wildman–Crippen LogP) is 4.07. The molecule has 0 aliphatic carbocycles. The summed E-state index contributed by atoms with van der Waals surface area (Å²) in [5.41, 5.74) is 2.37. The zero-order valence-corrected chi connectivity index (χ0v) is 12.0. The van der Waals surface area contributed by atoms with E-state index in [0.717, 1.165) is 11.4 Å². The highest BCUT2D eigenvalue weighted by Crippen LogP contribution is 2.34. The van der Waals surface area contributed by atoms with E-state index in [1.54, 1.807) is 10.5 Å². The third kappa shape index (κ3) is 2.02. The van der Waals surface area contributed by atoms with Gasteiger partial charge in [0.25, 0.3) is 0 Å². The van der Waals surface area contributed by atoms with Crippen molar-refractivity contribution in [1.29, 1.82) is 0 Å². The Balaban J connectivity index is 2.92. The molecule has 0 bridgehead atoms. The fourth-order valence-corrected chi connectivity index (χ4v) is 2.27. The van der Waals surface area contributed by atoms with Crippen molar-refractivity contribution in [3.05, 3.63) is 35.5 Å². The van der Waals surface area contributed by atoms with Crippen molar-refractivity contribution >= 4 is 5.65 Å². The molecule has 0 saturated heterocycles. The third-order valence-corrected chi connectivity index (χ3v) is 3.02. The second-order valence-corrected chi connectivity index (χ2v) is 6.85. The molecule has 18 heavy (non-hydrogen) atoms. The first-order chi connectivity index (χ1) is 8.12. The highest BCUT2D eigenvalue weighted by molar-refractivity contribution is 5.47. The van der Waals surface area contributed by atoms with Crippen LogP contribution in [0.4, 0.5) is 4.39 Å². The van der Waals surface area contributed by atoms with Gasteiger partial charge in [-0.1, -0.05) is 47.6 Å². The quantitative estimate of drug-likeness (QED) is 0.642. The first-order valence-corrected chi connectivity index (χ1v) is 6.30. The number of fused-ring (bicyclic) bond motifs is 1. The minimum absolute atomic E-state index is 0.0962. The van der Waals surface area contributed by atoms with Crippen molar-refractivity contribution in [2.24, 2.45) is 0 Å². The lowest BCUT2D eigenvalue weighted by molar-refractivity contribution is 0.483. The average molecular weight is 248 g/mol. The summed E-state index contributed by atoms with van der Waals surface area (Å²) in [6.45, 7) is 12.6. The van der Waals surface area contributed by atoms with E-state index >= 15 is 0 Å². The molecule has 0 aromatic carbocycles. The lowest BCUT2D eigenvalue weighted by atomic mass is 9.82. The molecule has 0 N–H and O–H groups in total. The van der Waals surface area contributed by atoms with E-state index in [-0.39, 0.29) is 16.8 Å². The number of pyridine rings is 1. The summed E-state index contributed by atoms with van der Waals surface area (Å²) in [5.74, 6) is -0.250. The van der Waals surface area contributed by atoms with E-state index in [1.165, 1.54) is 6.07 Å². The molecule has 98 valence electrons. The Morgan fingerprint density at radius 1 is 1.00 bits per heavy atom. The molecule has 2 nitrogen and oxygen atoms in total. The van der Waals surface area contributed by atoms with E-state index < -0.39 is 0 Å². The summed E-state index contributed by atoms with van der Waals surface area (Å²) in [7, 11) is 0. The molecular weight excluding hydrogens is 227 g/mol. The van der Waals surface area contributed by atoms with Gasteiger partial charge >= 0.3 is 0 Å². The number of rotatable bonds is 0. The van der Waals surface area contributed by atoms with Gasteiger partial charge in [0.05, 0.1) is 11.4 Å². The van der Waals surface area contributed by atoms with Crippen LogP contribution in [0, 0.1) is 5.95 Å². The van der Waals surface area contributed by atoms with Crippen LogP contribution in [0.5, 0.6) is 0 Å². The van der Waals surface area contributed by atoms with E-state index in [0.29, 0.717) is 5.65 Å². The summed E-state index contributed by atoms with van der Waals surface area (Å²) in [6.07, 6.45) is 0. The van der Waals surface area contributed by atoms with Gasteiger partial charge in [-0.15, -0.1) is 0 Å². The van der Waals surface area contributed by atoms with Gasteiger partial charge in [0, 0.05) is 10.8 Å². The second-order valence-electron chi connectivity index (χ2n) is 6.85. The molecule has 0 saturated carbocycles. The van der Waals surface area contributed by atoms with Gasteiger partial charge in [-0.3, -0.25) is 4.40 Å². The number of hydrogen-bond donors (Lipinski definition) is 0. The van der Waals surface area contributed by atoms with E-state index in [4.69, 9.17) is 0 Å². The molecule has 2 aromatic heterocycles. The lowest BCUT2D eigenvalue weighted by Crippen LogP contribution is -2.23. The number of nitrogens with zero attached hydrogens (tertiary/aromatic N) is 2. The van der Waals surface area contributed by atoms with Gasteiger partial charge in [0.15, 0.2) is 5.95 Å². The highest BCUT2D eigenvalue weighted by atomic mass is 19.1. The molecule has 0 aliphatic rings. The van der Waals surface area contributed by atoms with Crippen LogP contribution in [-0.4, -0.2) is 9.38 Å². The normalized spacial score (nSPS) is 13.3. The van der Waals surface area contributed by atoms with Crippen molar-refractivity contribution in [1.82, 2.24) is 9.38 Å². The molecule has 0 spiro atoms. The minimum atomic E-state index is -0.250. The molecule has 2 rings (SSSR count). The van der Waals surface area contributed by atoms with Gasteiger partial charge in [-0.2, -0.15) is 4.39 Å². The molecule has 2 heterocycles. The zero-order chi connectivity index (χ0) is 13.7. The van der Waals surface area contributed by atoms with E-state index in [1.807, 2.05) is 6.07 Å². The van der Waals surface area contributed by atoms with Crippen LogP contribution in [-0.2, 0) is 10.8 Å². The molecule has 0 unspecified atom stereocenters. The average Bonchev–Trinajstić information content (AvgIpc) is 2.56. The maximum Gasteiger partial charge on any atom is 0.199 e. The molecule has 0 amide bonds. The maximum absolute atomic E-state index is 14.1. The molecule has 2 aromatic rings. The van der Waals surface area contributed by atoms with Crippen molar-refractivity contribution in [2.75, 3.05) is 0 Å². The van der Waals surface area contributed by atoms with Gasteiger partial charge in [-0.25, -0.2) is 4.98 Å². The van der Waals surface area contributed by atoms with Crippen LogP contribution in [0.2, 0.25) is 0 Å². The van der Waals surface area contributed by atoms with Crippen LogP contribution >= 0.6 is 0 Å². The van der Waals surface area contributed by atoms with Crippen LogP contribution < -0.4 is 0 Å². The first kappa shape index (κ1) is 13.1. The van der Waals surface area contributed by atoms with Crippen molar-refractivity contribution in [3.8, 4) is 0 Å². The van der Waals surface area contributed by atoms with Crippen LogP contribution in [0.25, 0.3) is 5.65 Å². The second kappa shape index (κ2) is 3.81. The van der Waals surface area contributed by atoms with Crippen LogP contribution in [0.3, 0.4) is 0 Å². The zero-order valence-electron chi connectivity index (χ0n) is 12.0. The van der Waals surface area contributed by atoms with Crippen LogP contribution in [0.15, 0.2) is 18.2 Å². The Bertz CT molecular complexity index is 583. The summed E-state index contributed by atoms with van der Waals surface area (Å²) in [6, 6.07) is 5.04. The van der Waals surface area contributed by atoms with Gasteiger partial charge in [-0.05, 0) is 12.1 Å². The predicted molar refractivity (Wildman–Crippen MR) is 72.6 cm³/mol. The maximum atomic E-state index is 14.1. The monoisotopic (exact) mass is 248 g/mol. The van der Waals surface area contributed by atoms with E-state index in [9.17, 15) is 4.39 Å². The summed E-state index contributed by atoms with van der Waals surface area (Å²) in [5, 5.41) is 0. The number of hydrogen-bond acceptors (Lipinski definition) is 1. The van der Waals surface area contributed by atoms with Gasteiger partial charge in [0.1, 0.15) is 5.65 Å². The van der Waals surface area contributed by atoms with Crippen molar-refractivity contribution in [2.45, 2.75) is 52.4 Å². The SMILES string of the molecule is CC(C)(C)c1nc2cccc(F)n2c1C(C)(C)C. The Morgan fingerprint density at radius 3 is 2.11 bits per heavy atom. The molecule has 0 radical (unpaired) electrons. The summed E-state index contributed by atoms with van der Waals surface area (Å²) in [4.78, 5) is 4.63. The highest BCUT2D eigenvalue weighted by Gasteiger charge is 2.31. The molecule has 3 heteroatoms. The van der Waals surface area contributed by atoms with Gasteiger partial charge < -0.3 is 0 Å². The summed E-state index contributed by atoms with van der Waals surface area (Å²) >= 11 is 0. The third-order valence-electron chi connectivity index (χ3n) is 3.02. The Labute approximate surface area is 108 Å². The smallest absolute Gasteiger partial charge is 0.199 e. The summed E-state index contributed by atoms with van der Waals surface area (Å²) < 4.78 is 15.7.